The summed E-state index contributed by atoms with van der Waals surface area (Å²) in [6, 6.07) is -0.402. The van der Waals surface area contributed by atoms with E-state index in [-0.39, 0.29) is 24.5 Å². The lowest BCUT2D eigenvalue weighted by Gasteiger charge is -2.30. The summed E-state index contributed by atoms with van der Waals surface area (Å²) < 4.78 is 8.43. The number of nitrogens with one attached hydrogen (secondary N) is 1. The van der Waals surface area contributed by atoms with Crippen molar-refractivity contribution in [3.63, 3.8) is 0 Å². The van der Waals surface area contributed by atoms with Gasteiger partial charge in [-0.2, -0.15) is 5.10 Å². The lowest BCUT2D eigenvalue weighted by molar-refractivity contribution is -0.885. The number of aromatic nitrogens is 4. The minimum Gasteiger partial charge on any atom is -0.463 e. The van der Waals surface area contributed by atoms with Gasteiger partial charge in [0.25, 0.3) is 12.1 Å². The van der Waals surface area contributed by atoms with E-state index in [0.717, 1.165) is 24.1 Å². The highest BCUT2D eigenvalue weighted by Gasteiger charge is 2.34. The molecule has 2 heterocycles. The molecule has 10 heteroatoms. The second-order valence-electron chi connectivity index (χ2n) is 8.94. The number of carbonyl (C=O) groups is 2. The molecule has 1 aliphatic carbocycles. The first-order chi connectivity index (χ1) is 14.6. The average molecular weight is 432 g/mol. The number of carbonyl (C=O) groups excluding carboxylic acids is 2. The van der Waals surface area contributed by atoms with Gasteiger partial charge in [-0.15, -0.1) is 0 Å². The van der Waals surface area contributed by atoms with Crippen molar-refractivity contribution in [2.45, 2.75) is 46.6 Å². The highest BCUT2D eigenvalue weighted by atomic mass is 16.6. The van der Waals surface area contributed by atoms with Crippen molar-refractivity contribution < 1.29 is 23.9 Å². The van der Waals surface area contributed by atoms with Crippen LogP contribution in [0.2, 0.25) is 0 Å². The zero-order chi connectivity index (χ0) is 22.8. The second kappa shape index (κ2) is 9.01. The van der Waals surface area contributed by atoms with Crippen molar-refractivity contribution in [2.75, 3.05) is 20.3 Å². The van der Waals surface area contributed by atoms with Crippen molar-refractivity contribution in [1.29, 1.82) is 0 Å². The quantitative estimate of drug-likeness (QED) is 0.467. The Morgan fingerprint density at radius 3 is 2.77 bits per heavy atom. The van der Waals surface area contributed by atoms with Crippen molar-refractivity contribution in [3.05, 3.63) is 35.5 Å². The molecule has 3 N–H and O–H groups in total. The summed E-state index contributed by atoms with van der Waals surface area (Å²) >= 11 is 0. The third kappa shape index (κ3) is 5.01. The molecule has 168 valence electrons. The van der Waals surface area contributed by atoms with Crippen LogP contribution < -0.4 is 20.6 Å². The minimum atomic E-state index is -0.510. The van der Waals surface area contributed by atoms with Crippen LogP contribution in [0.15, 0.2) is 18.6 Å². The molecule has 0 aromatic carbocycles. The van der Waals surface area contributed by atoms with Gasteiger partial charge < -0.3 is 15.8 Å². The standard InChI is InChI=1S/C21H30N6O4/c1-13-8-14-15(9-13)27(17-11-26(30-5)7-6-23-17)25-19(14)20(29)24-16(21(2,3)4)12-31-18(28)10-22/h6-7,11,13,16H,8-10,12,22H2,1-5H3/p+1. The first-order valence-electron chi connectivity index (χ1n) is 10.3. The fourth-order valence-electron chi connectivity index (χ4n) is 3.59. The molecular weight excluding hydrogens is 400 g/mol. The molecule has 0 saturated carbocycles. The molecule has 1 aliphatic rings. The summed E-state index contributed by atoms with van der Waals surface area (Å²) in [4.78, 5) is 34.4. The highest BCUT2D eigenvalue weighted by Crippen LogP contribution is 2.31. The molecule has 2 unspecified atom stereocenters. The normalized spacial score (nSPS) is 16.5. The van der Waals surface area contributed by atoms with E-state index in [0.29, 0.717) is 17.4 Å². The molecule has 0 fully saturated rings. The summed E-state index contributed by atoms with van der Waals surface area (Å²) in [7, 11) is 1.56. The van der Waals surface area contributed by atoms with Crippen LogP contribution in [0.3, 0.4) is 0 Å². The third-order valence-corrected chi connectivity index (χ3v) is 5.42. The molecule has 0 saturated heterocycles. The van der Waals surface area contributed by atoms with Crippen LogP contribution in [-0.2, 0) is 22.4 Å². The van der Waals surface area contributed by atoms with Crippen LogP contribution in [0.25, 0.3) is 5.82 Å². The molecular formula is C21H31N6O4+. The fourth-order valence-corrected chi connectivity index (χ4v) is 3.59. The maximum Gasteiger partial charge on any atom is 0.319 e. The van der Waals surface area contributed by atoms with Crippen LogP contribution in [0, 0.1) is 11.3 Å². The van der Waals surface area contributed by atoms with Gasteiger partial charge in [0.15, 0.2) is 5.69 Å². The van der Waals surface area contributed by atoms with Crippen LogP contribution in [0.5, 0.6) is 0 Å². The first-order valence-corrected chi connectivity index (χ1v) is 10.3. The van der Waals surface area contributed by atoms with Gasteiger partial charge in [0, 0.05) is 10.3 Å². The Bertz CT molecular complexity index is 965. The zero-order valence-electron chi connectivity index (χ0n) is 18.7. The topological polar surface area (TPSA) is 125 Å². The smallest absolute Gasteiger partial charge is 0.319 e. The minimum absolute atomic E-state index is 0.0403. The predicted octanol–water partition coefficient (Wildman–Crippen LogP) is -0.00570. The van der Waals surface area contributed by atoms with Crippen LogP contribution in [0.1, 0.15) is 49.4 Å². The van der Waals surface area contributed by atoms with Crippen molar-refractivity contribution >= 4 is 11.9 Å². The molecule has 0 bridgehead atoms. The van der Waals surface area contributed by atoms with Gasteiger partial charge in [-0.05, 0) is 24.2 Å². The maximum absolute atomic E-state index is 13.2. The van der Waals surface area contributed by atoms with E-state index >= 15 is 0 Å². The van der Waals surface area contributed by atoms with Crippen LogP contribution in [0.4, 0.5) is 0 Å². The van der Waals surface area contributed by atoms with E-state index in [1.54, 1.807) is 30.4 Å². The molecule has 0 spiro atoms. The Morgan fingerprint density at radius 2 is 2.13 bits per heavy atom. The molecule has 2 aromatic heterocycles. The van der Waals surface area contributed by atoms with E-state index < -0.39 is 12.0 Å². The summed E-state index contributed by atoms with van der Waals surface area (Å²) in [5.41, 5.74) is 7.25. The number of hydrogen-bond donors (Lipinski definition) is 2. The number of fused-ring (bicyclic) bond motifs is 1. The van der Waals surface area contributed by atoms with Gasteiger partial charge in [0.05, 0.1) is 24.5 Å². The fraction of sp³-hybridized carbons (Fsp3) is 0.571. The van der Waals surface area contributed by atoms with Crippen LogP contribution in [-0.4, -0.2) is 52.9 Å². The number of rotatable bonds is 7. The van der Waals surface area contributed by atoms with Gasteiger partial charge >= 0.3 is 5.97 Å². The monoisotopic (exact) mass is 431 g/mol. The van der Waals surface area contributed by atoms with E-state index in [4.69, 9.17) is 15.3 Å². The molecule has 2 atom stereocenters. The van der Waals surface area contributed by atoms with Gasteiger partial charge in [-0.3, -0.25) is 14.4 Å². The largest absolute Gasteiger partial charge is 0.463 e. The first kappa shape index (κ1) is 22.7. The van der Waals surface area contributed by atoms with Gasteiger partial charge in [-0.1, -0.05) is 27.7 Å². The van der Waals surface area contributed by atoms with Crippen molar-refractivity contribution in [1.82, 2.24) is 20.1 Å². The number of esters is 1. The molecule has 1 amide bonds. The van der Waals surface area contributed by atoms with Gasteiger partial charge in [0.1, 0.15) is 13.7 Å². The zero-order valence-corrected chi connectivity index (χ0v) is 18.7. The summed E-state index contributed by atoms with van der Waals surface area (Å²) in [6.45, 7) is 7.89. The van der Waals surface area contributed by atoms with Crippen molar-refractivity contribution in [2.24, 2.45) is 17.1 Å². The van der Waals surface area contributed by atoms with E-state index in [1.165, 1.54) is 4.73 Å². The molecule has 2 aromatic rings. The third-order valence-electron chi connectivity index (χ3n) is 5.42. The number of hydrogen-bond acceptors (Lipinski definition) is 7. The summed E-state index contributed by atoms with van der Waals surface area (Å²) in [5.74, 6) is 0.151. The Kier molecular flexibility index (Phi) is 6.59. The average Bonchev–Trinajstić information content (AvgIpc) is 3.27. The summed E-state index contributed by atoms with van der Waals surface area (Å²) in [6.07, 6.45) is 6.57. The Hall–Kier alpha value is -3.01. The molecule has 10 nitrogen and oxygen atoms in total. The maximum atomic E-state index is 13.2. The SMILES string of the molecule is CO[n+]1ccnc(-n2nc(C(=O)NC(COC(=O)CN)C(C)(C)C)c3c2CC(C)C3)c1. The molecule has 0 aliphatic heterocycles. The van der Waals surface area contributed by atoms with E-state index in [1.807, 2.05) is 20.8 Å². The lowest BCUT2D eigenvalue weighted by atomic mass is 9.87. The molecule has 3 rings (SSSR count). The Labute approximate surface area is 181 Å². The van der Waals surface area contributed by atoms with Crippen LogP contribution >= 0.6 is 0 Å². The second-order valence-corrected chi connectivity index (χ2v) is 8.94. The van der Waals surface area contributed by atoms with E-state index in [9.17, 15) is 9.59 Å². The lowest BCUT2D eigenvalue weighted by Crippen LogP contribution is -2.47. The Balaban J connectivity index is 1.91. The summed E-state index contributed by atoms with van der Waals surface area (Å²) in [5, 5.41) is 7.61. The molecule has 0 radical (unpaired) electrons. The van der Waals surface area contributed by atoms with Gasteiger partial charge in [-0.25, -0.2) is 9.67 Å². The van der Waals surface area contributed by atoms with Crippen molar-refractivity contribution in [3.8, 4) is 5.82 Å². The molecule has 31 heavy (non-hydrogen) atoms. The number of nitrogens with two attached hydrogens (primary N) is 1. The predicted molar refractivity (Wildman–Crippen MR) is 111 cm³/mol. The van der Waals surface area contributed by atoms with E-state index in [2.05, 4.69) is 22.3 Å². The number of ether oxygens (including phenoxy) is 1. The van der Waals surface area contributed by atoms with Gasteiger partial charge in [0.2, 0.25) is 12.0 Å². The number of amides is 1. The Morgan fingerprint density at radius 1 is 1.39 bits per heavy atom. The highest BCUT2D eigenvalue weighted by molar-refractivity contribution is 5.94. The number of nitrogens with zero attached hydrogens (tertiary/aromatic N) is 4.